The van der Waals surface area contributed by atoms with Crippen molar-refractivity contribution in [1.29, 1.82) is 0 Å². The van der Waals surface area contributed by atoms with Crippen LogP contribution in [0, 0.1) is 38.7 Å². The SMILES string of the molecule is CCCC1O[C@@H]2CC3C4CCC5=CC(=O)C=C[C@]5(C)C4[C@@H](O)C[C@]3(C)[C@@]2(C(=O)COC(=O)CCNC(=O)CCCCCO[N+](=O)[O-])O1. The highest BCUT2D eigenvalue weighted by Gasteiger charge is 2.75. The summed E-state index contributed by atoms with van der Waals surface area (Å²) in [5, 5.41) is 23.8. The molecule has 1 heterocycles. The number of rotatable bonds is 15. The van der Waals surface area contributed by atoms with Gasteiger partial charge < -0.3 is 29.5 Å². The molecule has 1 amide bonds. The number of esters is 1. The van der Waals surface area contributed by atoms with Crippen LogP contribution in [0.1, 0.15) is 91.4 Å². The van der Waals surface area contributed by atoms with Crippen molar-refractivity contribution >= 4 is 23.4 Å². The summed E-state index contributed by atoms with van der Waals surface area (Å²) >= 11 is 0. The molecule has 13 nitrogen and oxygen atoms in total. The molecule has 0 aromatic carbocycles. The number of aliphatic hydroxyl groups excluding tert-OH is 1. The van der Waals surface area contributed by atoms with Crippen LogP contribution < -0.4 is 5.32 Å². The van der Waals surface area contributed by atoms with Crippen molar-refractivity contribution < 1.29 is 48.4 Å². The zero-order valence-electron chi connectivity index (χ0n) is 27.6. The highest BCUT2D eigenvalue weighted by molar-refractivity contribution is 6.01. The van der Waals surface area contributed by atoms with Gasteiger partial charge in [-0.1, -0.05) is 45.3 Å². The Labute approximate surface area is 274 Å². The summed E-state index contributed by atoms with van der Waals surface area (Å²) in [5.41, 5.74) is -1.54. The number of carbonyl (C=O) groups is 4. The Morgan fingerprint density at radius 3 is 2.72 bits per heavy atom. The Balaban J connectivity index is 1.21. The van der Waals surface area contributed by atoms with E-state index in [4.69, 9.17) is 14.2 Å². The fourth-order valence-electron chi connectivity index (χ4n) is 9.43. The number of allylic oxidation sites excluding steroid dienone is 4. The highest BCUT2D eigenvalue weighted by atomic mass is 16.9. The molecule has 5 aliphatic rings. The van der Waals surface area contributed by atoms with Crippen LogP contribution in [0.5, 0.6) is 0 Å². The monoisotopic (exact) mass is 660 g/mol. The molecule has 0 aromatic rings. The van der Waals surface area contributed by atoms with E-state index in [9.17, 15) is 34.4 Å². The van der Waals surface area contributed by atoms with E-state index in [1.807, 2.05) is 19.9 Å². The summed E-state index contributed by atoms with van der Waals surface area (Å²) in [6, 6.07) is 0. The number of Topliss-reactive ketones (excluding diaryl/α,β-unsaturated/α-hetero) is 1. The lowest BCUT2D eigenvalue weighted by Crippen LogP contribution is -2.63. The molecule has 2 N–H and O–H groups in total. The zero-order chi connectivity index (χ0) is 34.0. The van der Waals surface area contributed by atoms with Gasteiger partial charge in [0.1, 0.15) is 0 Å². The minimum atomic E-state index is -1.38. The fraction of sp³-hybridized carbons (Fsp3) is 0.765. The zero-order valence-corrected chi connectivity index (χ0v) is 27.6. The lowest BCUT2D eigenvalue weighted by molar-refractivity contribution is -0.757. The van der Waals surface area contributed by atoms with Gasteiger partial charge >= 0.3 is 5.97 Å². The Bertz CT molecular complexity index is 1310. The summed E-state index contributed by atoms with van der Waals surface area (Å²) in [6.07, 6.45) is 8.94. The number of carbonyl (C=O) groups excluding carboxylic acids is 4. The minimum absolute atomic E-state index is 0.0161. The molecular weight excluding hydrogens is 612 g/mol. The van der Waals surface area contributed by atoms with Gasteiger partial charge in [-0.25, -0.2) is 0 Å². The van der Waals surface area contributed by atoms with Crippen molar-refractivity contribution in [2.24, 2.45) is 28.6 Å². The number of hydrogen-bond acceptors (Lipinski definition) is 11. The quantitative estimate of drug-likeness (QED) is 0.114. The third-order valence-corrected chi connectivity index (χ3v) is 11.5. The Morgan fingerprint density at radius 1 is 1.19 bits per heavy atom. The van der Waals surface area contributed by atoms with Crippen molar-refractivity contribution in [3.63, 3.8) is 0 Å². The fourth-order valence-corrected chi connectivity index (χ4v) is 9.43. The first-order valence-corrected chi connectivity index (χ1v) is 17.0. The van der Waals surface area contributed by atoms with Gasteiger partial charge in [0.05, 0.1) is 25.2 Å². The largest absolute Gasteiger partial charge is 0.457 e. The summed E-state index contributed by atoms with van der Waals surface area (Å²) < 4.78 is 18.4. The van der Waals surface area contributed by atoms with E-state index in [1.54, 1.807) is 12.2 Å². The number of nitrogens with zero attached hydrogens (tertiary/aromatic N) is 1. The summed E-state index contributed by atoms with van der Waals surface area (Å²) in [4.78, 5) is 65.5. The second-order valence-electron chi connectivity index (χ2n) is 14.2. The number of ether oxygens (including phenoxy) is 3. The average molecular weight is 661 g/mol. The molecule has 3 saturated carbocycles. The summed E-state index contributed by atoms with van der Waals surface area (Å²) in [6.45, 7) is 5.67. The molecule has 9 atom stereocenters. The molecule has 47 heavy (non-hydrogen) atoms. The lowest BCUT2D eigenvalue weighted by atomic mass is 9.46. The van der Waals surface area contributed by atoms with Crippen LogP contribution in [0.2, 0.25) is 0 Å². The van der Waals surface area contributed by atoms with Gasteiger partial charge in [0.25, 0.3) is 5.09 Å². The van der Waals surface area contributed by atoms with Crippen LogP contribution >= 0.6 is 0 Å². The molecule has 4 unspecified atom stereocenters. The van der Waals surface area contributed by atoms with Gasteiger partial charge in [-0.05, 0) is 68.9 Å². The highest BCUT2D eigenvalue weighted by Crippen LogP contribution is 2.69. The standard InChI is InChI=1S/C34H48N2O11/c1-4-8-30-46-27-18-24-23-11-10-21-17-22(37)12-14-32(21,2)31(23)25(38)19-33(24,3)34(27,47-30)26(39)20-44-29(41)13-15-35-28(40)9-6-5-7-16-45-36(42)43/h12,14,17,23-25,27,30-31,38H,4-11,13,15-16,18-20H2,1-3H3,(H,35,40)/t23?,24?,25-,27+,30?,31?,32-,33-,34-/m0/s1. The molecule has 0 radical (unpaired) electrons. The molecule has 5 rings (SSSR count). The number of hydrogen-bond donors (Lipinski definition) is 2. The second kappa shape index (κ2) is 14.1. The number of unbranched alkanes of at least 4 members (excludes halogenated alkanes) is 2. The van der Waals surface area contributed by atoms with Crippen LogP contribution in [-0.4, -0.2) is 77.5 Å². The second-order valence-corrected chi connectivity index (χ2v) is 14.2. The number of nitrogens with one attached hydrogen (secondary N) is 1. The van der Waals surface area contributed by atoms with Gasteiger partial charge in [0.15, 0.2) is 24.3 Å². The molecule has 4 aliphatic carbocycles. The van der Waals surface area contributed by atoms with Crippen molar-refractivity contribution in [3.8, 4) is 0 Å². The van der Waals surface area contributed by atoms with E-state index in [0.29, 0.717) is 38.5 Å². The predicted molar refractivity (Wildman–Crippen MR) is 166 cm³/mol. The first-order valence-electron chi connectivity index (χ1n) is 17.0. The molecule has 1 saturated heterocycles. The lowest BCUT2D eigenvalue weighted by Gasteiger charge is -2.59. The Kier molecular flexibility index (Phi) is 10.6. The average Bonchev–Trinajstić information content (AvgIpc) is 3.49. The van der Waals surface area contributed by atoms with Crippen molar-refractivity contribution in [2.45, 2.75) is 115 Å². The molecule has 0 spiro atoms. The first kappa shape index (κ1) is 35.2. The van der Waals surface area contributed by atoms with Gasteiger partial charge in [-0.2, -0.15) is 0 Å². The van der Waals surface area contributed by atoms with E-state index in [-0.39, 0.29) is 61.2 Å². The maximum Gasteiger partial charge on any atom is 0.308 e. The molecule has 0 aromatic heterocycles. The van der Waals surface area contributed by atoms with E-state index >= 15 is 0 Å². The van der Waals surface area contributed by atoms with Crippen LogP contribution in [0.15, 0.2) is 23.8 Å². The van der Waals surface area contributed by atoms with Crippen molar-refractivity contribution in [2.75, 3.05) is 19.8 Å². The maximum absolute atomic E-state index is 14.2. The topological polar surface area (TPSA) is 181 Å². The molecule has 0 bridgehead atoms. The normalized spacial score (nSPS) is 36.8. The maximum atomic E-state index is 14.2. The Morgan fingerprint density at radius 2 is 1.98 bits per heavy atom. The van der Waals surface area contributed by atoms with Gasteiger partial charge in [-0.15, -0.1) is 10.1 Å². The summed E-state index contributed by atoms with van der Waals surface area (Å²) in [7, 11) is 0. The van der Waals surface area contributed by atoms with Gasteiger partial charge in [0, 0.05) is 29.7 Å². The first-order chi connectivity index (χ1) is 22.4. The molecule has 13 heteroatoms. The number of fused-ring (bicyclic) bond motifs is 7. The molecule has 4 fully saturated rings. The number of ketones is 2. The third-order valence-electron chi connectivity index (χ3n) is 11.5. The number of amides is 1. The predicted octanol–water partition coefficient (Wildman–Crippen LogP) is 3.54. The minimum Gasteiger partial charge on any atom is -0.457 e. The number of aliphatic hydroxyl groups is 1. The van der Waals surface area contributed by atoms with Crippen molar-refractivity contribution in [1.82, 2.24) is 5.32 Å². The van der Waals surface area contributed by atoms with E-state index in [1.165, 1.54) is 0 Å². The van der Waals surface area contributed by atoms with Crippen molar-refractivity contribution in [3.05, 3.63) is 33.9 Å². The van der Waals surface area contributed by atoms with Crippen LogP contribution in [0.25, 0.3) is 0 Å². The van der Waals surface area contributed by atoms with E-state index in [0.717, 1.165) is 24.8 Å². The Hall–Kier alpha value is -3.16. The molecule has 260 valence electrons. The van der Waals surface area contributed by atoms with Crippen LogP contribution in [-0.2, 0) is 38.2 Å². The third kappa shape index (κ3) is 6.63. The van der Waals surface area contributed by atoms with E-state index < -0.39 is 52.6 Å². The molecular formula is C34H48N2O11. The van der Waals surface area contributed by atoms with Gasteiger partial charge in [0.2, 0.25) is 11.7 Å². The summed E-state index contributed by atoms with van der Waals surface area (Å²) in [5.74, 6) is -1.30. The van der Waals surface area contributed by atoms with Gasteiger partial charge in [-0.3, -0.25) is 19.2 Å². The van der Waals surface area contributed by atoms with Crippen LogP contribution in [0.4, 0.5) is 0 Å². The van der Waals surface area contributed by atoms with Crippen LogP contribution in [0.3, 0.4) is 0 Å². The smallest absolute Gasteiger partial charge is 0.308 e. The van der Waals surface area contributed by atoms with E-state index in [2.05, 4.69) is 17.1 Å². The molecule has 1 aliphatic heterocycles.